The minimum atomic E-state index is -1.26. The molecule has 0 bridgehead atoms. The maximum Gasteiger partial charge on any atom is 0.267 e. The summed E-state index contributed by atoms with van der Waals surface area (Å²) in [6, 6.07) is 17.6. The highest BCUT2D eigenvalue weighted by Gasteiger charge is 2.80. The summed E-state index contributed by atoms with van der Waals surface area (Å²) in [5, 5.41) is 3.95. The van der Waals surface area contributed by atoms with Crippen molar-refractivity contribution in [1.82, 2.24) is 9.91 Å². The van der Waals surface area contributed by atoms with Crippen LogP contribution < -0.4 is 24.0 Å². The topological polar surface area (TPSA) is 90.0 Å². The van der Waals surface area contributed by atoms with E-state index in [-0.39, 0.29) is 23.7 Å². The third-order valence-corrected chi connectivity index (χ3v) is 11.7. The van der Waals surface area contributed by atoms with Gasteiger partial charge in [0.2, 0.25) is 0 Å². The molecule has 1 amide bonds. The Morgan fingerprint density at radius 2 is 1.54 bits per heavy atom. The van der Waals surface area contributed by atoms with Crippen molar-refractivity contribution < 1.29 is 33.3 Å². The number of amides is 1. The number of hydrazine groups is 1. The average molecular weight is 644 g/mol. The molecule has 4 atom stereocenters. The average Bonchev–Trinajstić information content (AvgIpc) is 3.81. The minimum Gasteiger partial charge on any atom is -0.493 e. The number of morpholine rings is 1. The monoisotopic (exact) mass is 643 g/mol. The van der Waals surface area contributed by atoms with E-state index in [0.717, 1.165) is 28.1 Å². The number of ether oxygens (including phenoxy) is 5. The summed E-state index contributed by atoms with van der Waals surface area (Å²) < 4.78 is 28.5. The van der Waals surface area contributed by atoms with Gasteiger partial charge in [-0.2, -0.15) is 0 Å². The molecule has 240 valence electrons. The van der Waals surface area contributed by atoms with Crippen molar-refractivity contribution in [2.45, 2.75) is 23.9 Å². The molecule has 0 N–H and O–H groups in total. The lowest BCUT2D eigenvalue weighted by atomic mass is 9.58. The van der Waals surface area contributed by atoms with Crippen molar-refractivity contribution >= 4 is 29.1 Å². The van der Waals surface area contributed by atoms with Crippen molar-refractivity contribution in [1.29, 1.82) is 0 Å². The number of nitrogens with zero attached hydrogens (tertiary/aromatic N) is 3. The van der Waals surface area contributed by atoms with Gasteiger partial charge in [-0.25, -0.2) is 10.0 Å². The third kappa shape index (κ3) is 3.65. The van der Waals surface area contributed by atoms with E-state index in [4.69, 9.17) is 23.7 Å². The van der Waals surface area contributed by atoms with Crippen molar-refractivity contribution in [2.75, 3.05) is 71.4 Å². The van der Waals surface area contributed by atoms with Crippen LogP contribution in [0.15, 0.2) is 54.6 Å². The molecule has 3 fully saturated rings. The molecule has 1 aliphatic carbocycles. The minimum absolute atomic E-state index is 0.0466. The Labute approximate surface area is 272 Å². The van der Waals surface area contributed by atoms with Gasteiger partial charge in [-0.05, 0) is 47.9 Å². The number of fused-ring (bicyclic) bond motifs is 6. The number of benzene rings is 3. The van der Waals surface area contributed by atoms with Gasteiger partial charge < -0.3 is 23.7 Å². The first kappa shape index (κ1) is 29.6. The molecule has 11 heteroatoms. The molecule has 3 aromatic carbocycles. The predicted octanol–water partition coefficient (Wildman–Crippen LogP) is 4.11. The lowest BCUT2D eigenvalue weighted by Gasteiger charge is -2.45. The fourth-order valence-electron chi connectivity index (χ4n) is 8.97. The number of rotatable bonds is 6. The molecule has 4 heterocycles. The van der Waals surface area contributed by atoms with Crippen molar-refractivity contribution in [3.05, 3.63) is 76.9 Å². The van der Waals surface area contributed by atoms with Crippen LogP contribution in [0.1, 0.15) is 33.0 Å². The van der Waals surface area contributed by atoms with Gasteiger partial charge in [0.25, 0.3) is 5.91 Å². The number of anilines is 1. The predicted molar refractivity (Wildman–Crippen MR) is 173 cm³/mol. The van der Waals surface area contributed by atoms with Gasteiger partial charge in [0.15, 0.2) is 28.8 Å². The molecule has 8 rings (SSSR count). The summed E-state index contributed by atoms with van der Waals surface area (Å²) in [5.74, 6) is 3.21. The molecule has 0 radical (unpaired) electrons. The molecule has 3 saturated heterocycles. The number of hydrogen-bond donors (Lipinski definition) is 0. The van der Waals surface area contributed by atoms with Gasteiger partial charge in [-0.15, -0.1) is 11.8 Å². The summed E-state index contributed by atoms with van der Waals surface area (Å²) in [6.07, 6.45) is 0.370. The van der Waals surface area contributed by atoms with Crippen LogP contribution in [0.5, 0.6) is 23.0 Å². The largest absolute Gasteiger partial charge is 0.493 e. The van der Waals surface area contributed by atoms with E-state index in [0.29, 0.717) is 67.2 Å². The summed E-state index contributed by atoms with van der Waals surface area (Å²) in [7, 11) is 6.42. The van der Waals surface area contributed by atoms with Crippen molar-refractivity contribution in [3.8, 4) is 23.0 Å². The van der Waals surface area contributed by atoms with Gasteiger partial charge in [-0.1, -0.05) is 24.3 Å². The van der Waals surface area contributed by atoms with Crippen LogP contribution in [0.2, 0.25) is 0 Å². The second-order valence-corrected chi connectivity index (χ2v) is 13.4. The van der Waals surface area contributed by atoms with E-state index >= 15 is 9.59 Å². The smallest absolute Gasteiger partial charge is 0.267 e. The first-order valence-electron chi connectivity index (χ1n) is 15.6. The third-order valence-electron chi connectivity index (χ3n) is 10.7. The Bertz CT molecular complexity index is 1750. The number of carbonyl (C=O) groups excluding carboxylic acids is 2. The number of thioether (sulfide) groups is 1. The van der Waals surface area contributed by atoms with Crippen LogP contribution >= 0.6 is 11.8 Å². The number of carbonyl (C=O) groups is 2. The molecule has 2 spiro atoms. The zero-order valence-electron chi connectivity index (χ0n) is 26.4. The molecular weight excluding hydrogens is 606 g/mol. The standard InChI is InChI=1S/C35H37N3O7S/c1-41-27-10-9-21(15-28(27)42-2)31-26-19-46-20-37(26)35(34(31)18-22-16-29(43-3)30(44-4)17-23(22)32(34)39)24-7-5-6-8-25(24)38(33(35)40)36-11-13-45-14-12-36/h5-10,15-17,26,31H,11-14,18-20H2,1-4H3/t26-,31-,34-,35-/m0/s1. The molecule has 4 aliphatic heterocycles. The van der Waals surface area contributed by atoms with Crippen LogP contribution in [0.3, 0.4) is 0 Å². The Kier molecular flexibility index (Phi) is 7.02. The first-order valence-corrected chi connectivity index (χ1v) is 16.7. The Hall–Kier alpha value is -3.77. The highest BCUT2D eigenvalue weighted by Crippen LogP contribution is 2.71. The summed E-state index contributed by atoms with van der Waals surface area (Å²) in [5.41, 5.74) is 1.65. The normalized spacial score (nSPS) is 28.6. The highest BCUT2D eigenvalue weighted by molar-refractivity contribution is 7.99. The lowest BCUT2D eigenvalue weighted by Crippen LogP contribution is -2.63. The van der Waals surface area contributed by atoms with Gasteiger partial charge in [0, 0.05) is 47.8 Å². The van der Waals surface area contributed by atoms with E-state index in [1.165, 1.54) is 0 Å². The molecule has 0 saturated carbocycles. The van der Waals surface area contributed by atoms with Crippen LogP contribution in [0.4, 0.5) is 5.69 Å². The van der Waals surface area contributed by atoms with Crippen LogP contribution in [-0.4, -0.2) is 94.0 Å². The second kappa shape index (κ2) is 10.9. The van der Waals surface area contributed by atoms with E-state index < -0.39 is 11.0 Å². The zero-order valence-corrected chi connectivity index (χ0v) is 27.2. The van der Waals surface area contributed by atoms with Gasteiger partial charge in [0.1, 0.15) is 5.54 Å². The molecule has 46 heavy (non-hydrogen) atoms. The SMILES string of the molecule is COc1ccc([C@H]2[C@@H]3CSCN3[C@@]3(C(=O)N(N4CCOCC4)c4ccccc43)[C@@]23Cc2cc(OC)c(OC)cc2C3=O)cc1OC. The maximum absolute atomic E-state index is 15.7. The summed E-state index contributed by atoms with van der Waals surface area (Å²) in [4.78, 5) is 33.6. The first-order chi connectivity index (χ1) is 22.5. The fourth-order valence-corrected chi connectivity index (χ4v) is 10.3. The van der Waals surface area contributed by atoms with E-state index in [2.05, 4.69) is 16.0 Å². The molecule has 0 unspecified atom stereocenters. The summed E-state index contributed by atoms with van der Waals surface area (Å²) in [6.45, 7) is 2.24. The van der Waals surface area contributed by atoms with Crippen molar-refractivity contribution in [2.24, 2.45) is 5.41 Å². The molecule has 5 aliphatic rings. The molecule has 3 aromatic rings. The van der Waals surface area contributed by atoms with E-state index in [9.17, 15) is 0 Å². The highest BCUT2D eigenvalue weighted by atomic mass is 32.2. The van der Waals surface area contributed by atoms with E-state index in [1.807, 2.05) is 59.2 Å². The fraction of sp³-hybridized carbons (Fsp3) is 0.429. The van der Waals surface area contributed by atoms with E-state index in [1.54, 1.807) is 34.5 Å². The molecule has 0 aromatic heterocycles. The Balaban J connectivity index is 1.43. The van der Waals surface area contributed by atoms with Gasteiger partial charge >= 0.3 is 0 Å². The quantitative estimate of drug-likeness (QED) is 0.391. The zero-order chi connectivity index (χ0) is 31.8. The van der Waals surface area contributed by atoms with Crippen LogP contribution in [0, 0.1) is 5.41 Å². The van der Waals surface area contributed by atoms with Crippen LogP contribution in [-0.2, 0) is 21.5 Å². The Morgan fingerprint density at radius 1 is 0.848 bits per heavy atom. The second-order valence-electron chi connectivity index (χ2n) is 12.4. The number of methoxy groups -OCH3 is 4. The number of ketones is 1. The maximum atomic E-state index is 15.7. The lowest BCUT2D eigenvalue weighted by molar-refractivity contribution is -0.137. The molecular formula is C35H37N3O7S. The Morgan fingerprint density at radius 3 is 2.28 bits per heavy atom. The number of Topliss-reactive ketones (excluding diaryl/α,β-unsaturated/α-hetero) is 1. The van der Waals surface area contributed by atoms with Crippen LogP contribution in [0.25, 0.3) is 0 Å². The van der Waals surface area contributed by atoms with Gasteiger partial charge in [-0.3, -0.25) is 14.5 Å². The van der Waals surface area contributed by atoms with Crippen molar-refractivity contribution in [3.63, 3.8) is 0 Å². The number of para-hydroxylation sites is 1. The number of hydrogen-bond acceptors (Lipinski definition) is 10. The summed E-state index contributed by atoms with van der Waals surface area (Å²) >= 11 is 1.81. The molecule has 10 nitrogen and oxygen atoms in total. The van der Waals surface area contributed by atoms with Gasteiger partial charge in [0.05, 0.1) is 52.8 Å².